The summed E-state index contributed by atoms with van der Waals surface area (Å²) in [4.78, 5) is 0. The lowest BCUT2D eigenvalue weighted by molar-refractivity contribution is 0.300. The van der Waals surface area contributed by atoms with Crippen LogP contribution in [0.4, 0.5) is 0 Å². The second kappa shape index (κ2) is 6.72. The number of ether oxygens (including phenoxy) is 1. The molecule has 0 aromatic carbocycles. The van der Waals surface area contributed by atoms with Crippen molar-refractivity contribution < 1.29 is 4.74 Å². The van der Waals surface area contributed by atoms with E-state index in [1.54, 1.807) is 0 Å². The zero-order chi connectivity index (χ0) is 12.8. The molecule has 0 unspecified atom stereocenters. The minimum Gasteiger partial charge on any atom is -0.477 e. The van der Waals surface area contributed by atoms with Crippen molar-refractivity contribution >= 4 is 0 Å². The van der Waals surface area contributed by atoms with Crippen LogP contribution in [0.1, 0.15) is 64.0 Å². The van der Waals surface area contributed by atoms with Crippen LogP contribution in [0, 0.1) is 5.92 Å². The zero-order valence-corrected chi connectivity index (χ0v) is 11.6. The Balaban J connectivity index is 1.89. The Labute approximate surface area is 110 Å². The smallest absolute Gasteiger partial charge is 0.233 e. The van der Waals surface area contributed by atoms with E-state index in [0.29, 0.717) is 18.4 Å². The first-order valence-corrected chi connectivity index (χ1v) is 7.29. The summed E-state index contributed by atoms with van der Waals surface area (Å²) in [5.74, 6) is 2.20. The fraction of sp³-hybridized carbons (Fsp3) is 0.733. The maximum atomic E-state index is 5.32. The summed E-state index contributed by atoms with van der Waals surface area (Å²) in [5.41, 5.74) is 1.15. The average Bonchev–Trinajstić information content (AvgIpc) is 2.41. The van der Waals surface area contributed by atoms with Crippen LogP contribution >= 0.6 is 0 Å². The van der Waals surface area contributed by atoms with Crippen LogP contribution in [0.2, 0.25) is 0 Å². The number of aromatic nitrogens is 2. The topological polar surface area (TPSA) is 35.0 Å². The van der Waals surface area contributed by atoms with Crippen molar-refractivity contribution in [2.75, 3.05) is 6.61 Å². The van der Waals surface area contributed by atoms with Crippen molar-refractivity contribution in [2.24, 2.45) is 5.92 Å². The summed E-state index contributed by atoms with van der Waals surface area (Å²) in [5, 5.41) is 8.44. The highest BCUT2D eigenvalue weighted by atomic mass is 16.5. The zero-order valence-electron chi connectivity index (χ0n) is 11.6. The second-order valence-corrected chi connectivity index (χ2v) is 5.24. The van der Waals surface area contributed by atoms with Crippen molar-refractivity contribution in [3.8, 4) is 5.88 Å². The molecule has 1 saturated carbocycles. The molecule has 0 amide bonds. The Morgan fingerprint density at radius 2 is 1.89 bits per heavy atom. The molecule has 0 aliphatic heterocycles. The molecule has 1 aromatic rings. The summed E-state index contributed by atoms with van der Waals surface area (Å²) in [6.45, 7) is 4.89. The molecule has 0 atom stereocenters. The number of hydrogen-bond donors (Lipinski definition) is 0. The Kier molecular flexibility index (Phi) is 4.97. The molecule has 0 radical (unpaired) electrons. The largest absolute Gasteiger partial charge is 0.477 e. The Morgan fingerprint density at radius 1 is 1.11 bits per heavy atom. The lowest BCUT2D eigenvalue weighted by atomic mass is 9.79. The van der Waals surface area contributed by atoms with E-state index >= 15 is 0 Å². The van der Waals surface area contributed by atoms with Crippen LogP contribution in [-0.2, 0) is 0 Å². The maximum Gasteiger partial charge on any atom is 0.233 e. The van der Waals surface area contributed by atoms with Gasteiger partial charge in [0.2, 0.25) is 5.88 Å². The third kappa shape index (κ3) is 3.44. The standard InChI is InChI=1S/C15H24N2O/c1-3-5-12-6-8-13(9-7-12)14-10-11-15(17-16-14)18-4-2/h10-13H,3-9H2,1-2H3/t12-,13-. The van der Waals surface area contributed by atoms with Crippen molar-refractivity contribution in [3.63, 3.8) is 0 Å². The highest BCUT2D eigenvalue weighted by molar-refractivity contribution is 5.15. The van der Waals surface area contributed by atoms with E-state index in [1.165, 1.54) is 38.5 Å². The van der Waals surface area contributed by atoms with E-state index in [9.17, 15) is 0 Å². The molecule has 0 bridgehead atoms. The highest BCUT2D eigenvalue weighted by Crippen LogP contribution is 2.36. The summed E-state index contributed by atoms with van der Waals surface area (Å²) in [7, 11) is 0. The molecular formula is C15H24N2O. The molecule has 1 fully saturated rings. The molecular weight excluding hydrogens is 224 g/mol. The van der Waals surface area contributed by atoms with Crippen LogP contribution in [0.3, 0.4) is 0 Å². The van der Waals surface area contributed by atoms with Gasteiger partial charge in [0.1, 0.15) is 0 Å². The monoisotopic (exact) mass is 248 g/mol. The average molecular weight is 248 g/mol. The number of hydrogen-bond acceptors (Lipinski definition) is 3. The van der Waals surface area contributed by atoms with E-state index in [0.717, 1.165) is 11.6 Å². The van der Waals surface area contributed by atoms with Gasteiger partial charge >= 0.3 is 0 Å². The lowest BCUT2D eigenvalue weighted by Crippen LogP contribution is -2.14. The predicted molar refractivity (Wildman–Crippen MR) is 72.8 cm³/mol. The van der Waals surface area contributed by atoms with Gasteiger partial charge in [0.05, 0.1) is 12.3 Å². The van der Waals surface area contributed by atoms with Gasteiger partial charge in [-0.15, -0.1) is 5.10 Å². The molecule has 1 aromatic heterocycles. The van der Waals surface area contributed by atoms with Gasteiger partial charge in [-0.3, -0.25) is 0 Å². The van der Waals surface area contributed by atoms with Crippen molar-refractivity contribution in [3.05, 3.63) is 17.8 Å². The third-order valence-electron chi connectivity index (χ3n) is 3.91. The van der Waals surface area contributed by atoms with Gasteiger partial charge in [0.15, 0.2) is 0 Å². The van der Waals surface area contributed by atoms with E-state index in [4.69, 9.17) is 4.74 Å². The SMILES string of the molecule is CCC[C@H]1CC[C@H](c2ccc(OCC)nn2)CC1. The highest BCUT2D eigenvalue weighted by Gasteiger charge is 2.22. The van der Waals surface area contributed by atoms with Gasteiger partial charge in [0.25, 0.3) is 0 Å². The van der Waals surface area contributed by atoms with Gasteiger partial charge in [-0.25, -0.2) is 0 Å². The van der Waals surface area contributed by atoms with Gasteiger partial charge in [0, 0.05) is 12.0 Å². The van der Waals surface area contributed by atoms with Gasteiger partial charge in [-0.2, -0.15) is 5.10 Å². The summed E-state index contributed by atoms with van der Waals surface area (Å²) >= 11 is 0. The van der Waals surface area contributed by atoms with E-state index in [1.807, 2.05) is 13.0 Å². The minimum atomic E-state index is 0.612. The van der Waals surface area contributed by atoms with E-state index in [2.05, 4.69) is 23.2 Å². The minimum absolute atomic E-state index is 0.612. The first kappa shape index (κ1) is 13.3. The van der Waals surface area contributed by atoms with Crippen LogP contribution in [0.5, 0.6) is 5.88 Å². The molecule has 0 N–H and O–H groups in total. The number of nitrogens with zero attached hydrogens (tertiary/aromatic N) is 2. The predicted octanol–water partition coefficient (Wildman–Crippen LogP) is 3.95. The quantitative estimate of drug-likeness (QED) is 0.791. The molecule has 1 heterocycles. The van der Waals surface area contributed by atoms with Crippen LogP contribution in [-0.4, -0.2) is 16.8 Å². The summed E-state index contributed by atoms with van der Waals surface area (Å²) < 4.78 is 5.32. The summed E-state index contributed by atoms with van der Waals surface area (Å²) in [6.07, 6.45) is 7.96. The second-order valence-electron chi connectivity index (χ2n) is 5.24. The molecule has 0 spiro atoms. The maximum absolute atomic E-state index is 5.32. The Morgan fingerprint density at radius 3 is 2.44 bits per heavy atom. The van der Waals surface area contributed by atoms with Crippen molar-refractivity contribution in [1.82, 2.24) is 10.2 Å². The Hall–Kier alpha value is -1.12. The molecule has 1 aliphatic carbocycles. The molecule has 3 heteroatoms. The van der Waals surface area contributed by atoms with Gasteiger partial charge in [-0.05, 0) is 44.6 Å². The van der Waals surface area contributed by atoms with Crippen LogP contribution in [0.15, 0.2) is 12.1 Å². The molecule has 100 valence electrons. The molecule has 3 nitrogen and oxygen atoms in total. The normalized spacial score (nSPS) is 23.9. The van der Waals surface area contributed by atoms with E-state index in [-0.39, 0.29) is 0 Å². The molecule has 1 aliphatic rings. The van der Waals surface area contributed by atoms with Crippen LogP contribution in [0.25, 0.3) is 0 Å². The first-order chi connectivity index (χ1) is 8.83. The summed E-state index contributed by atoms with van der Waals surface area (Å²) in [6, 6.07) is 4.03. The molecule has 0 saturated heterocycles. The van der Waals surface area contributed by atoms with Gasteiger partial charge < -0.3 is 4.74 Å². The fourth-order valence-corrected chi connectivity index (χ4v) is 2.93. The first-order valence-electron chi connectivity index (χ1n) is 7.29. The van der Waals surface area contributed by atoms with E-state index < -0.39 is 0 Å². The van der Waals surface area contributed by atoms with Crippen molar-refractivity contribution in [2.45, 2.75) is 58.3 Å². The van der Waals surface area contributed by atoms with Gasteiger partial charge in [-0.1, -0.05) is 19.8 Å². The van der Waals surface area contributed by atoms with Crippen LogP contribution < -0.4 is 4.74 Å². The Bertz CT molecular complexity index is 342. The lowest BCUT2D eigenvalue weighted by Gasteiger charge is -2.27. The number of rotatable bonds is 5. The molecule has 18 heavy (non-hydrogen) atoms. The molecule has 2 rings (SSSR count). The van der Waals surface area contributed by atoms with Crippen molar-refractivity contribution in [1.29, 1.82) is 0 Å². The fourth-order valence-electron chi connectivity index (χ4n) is 2.93. The third-order valence-corrected chi connectivity index (χ3v) is 3.91.